The maximum atomic E-state index is 9.38. The summed E-state index contributed by atoms with van der Waals surface area (Å²) in [6.45, 7) is 4.51. The van der Waals surface area contributed by atoms with Gasteiger partial charge in [-0.3, -0.25) is 0 Å². The Kier molecular flexibility index (Phi) is 11.9. The highest BCUT2D eigenvalue weighted by molar-refractivity contribution is 4.59. The van der Waals surface area contributed by atoms with Crippen LogP contribution in [0.1, 0.15) is 51.9 Å². The number of unbranched alkanes of at least 4 members (excludes halogenated alkanes) is 5. The molecule has 0 aliphatic rings. The van der Waals surface area contributed by atoms with Crippen LogP contribution in [0.3, 0.4) is 0 Å². The van der Waals surface area contributed by atoms with E-state index in [1.54, 1.807) is 0 Å². The third-order valence-corrected chi connectivity index (χ3v) is 2.59. The number of hydrogen-bond donors (Lipinski definition) is 3. The molecule has 0 heterocycles. The van der Waals surface area contributed by atoms with Crippen LogP contribution in [0.4, 0.5) is 0 Å². The van der Waals surface area contributed by atoms with E-state index in [4.69, 9.17) is 5.73 Å². The molecule has 4 N–H and O–H groups in total. The minimum Gasteiger partial charge on any atom is -0.392 e. The summed E-state index contributed by atoms with van der Waals surface area (Å²) in [4.78, 5) is 0. The van der Waals surface area contributed by atoms with Gasteiger partial charge in [0.25, 0.3) is 0 Å². The monoisotopic (exact) mass is 216 g/mol. The molecule has 0 amide bonds. The van der Waals surface area contributed by atoms with E-state index in [1.807, 2.05) is 0 Å². The lowest BCUT2D eigenvalue weighted by atomic mass is 10.1. The van der Waals surface area contributed by atoms with Crippen LogP contribution in [0.25, 0.3) is 0 Å². The Balaban J connectivity index is 2.98. The smallest absolute Gasteiger partial charge is 0.0676 e. The maximum absolute atomic E-state index is 9.38. The van der Waals surface area contributed by atoms with Gasteiger partial charge in [0, 0.05) is 6.54 Å². The number of rotatable bonds is 11. The first kappa shape index (κ1) is 14.9. The van der Waals surface area contributed by atoms with Crippen LogP contribution in [0.2, 0.25) is 0 Å². The quantitative estimate of drug-likeness (QED) is 0.460. The van der Waals surface area contributed by atoms with E-state index in [1.165, 1.54) is 38.5 Å². The van der Waals surface area contributed by atoms with Gasteiger partial charge in [0.2, 0.25) is 0 Å². The molecule has 0 aromatic carbocycles. The normalized spacial score (nSPS) is 13.0. The number of nitrogens with two attached hydrogens (primary N) is 1. The Morgan fingerprint density at radius 3 is 2.47 bits per heavy atom. The molecule has 15 heavy (non-hydrogen) atoms. The van der Waals surface area contributed by atoms with Crippen LogP contribution in [0.5, 0.6) is 0 Å². The van der Waals surface area contributed by atoms with E-state index in [-0.39, 0.29) is 6.10 Å². The minimum atomic E-state index is -0.268. The number of aliphatic hydroxyl groups excluding tert-OH is 1. The third kappa shape index (κ3) is 11.8. The van der Waals surface area contributed by atoms with E-state index in [2.05, 4.69) is 12.2 Å². The molecular weight excluding hydrogens is 188 g/mol. The molecule has 3 nitrogen and oxygen atoms in total. The molecule has 0 bridgehead atoms. The van der Waals surface area contributed by atoms with Gasteiger partial charge in [-0.15, -0.1) is 0 Å². The van der Waals surface area contributed by atoms with Gasteiger partial charge < -0.3 is 16.2 Å². The zero-order valence-corrected chi connectivity index (χ0v) is 10.2. The summed E-state index contributed by atoms with van der Waals surface area (Å²) in [5, 5.41) is 12.6. The zero-order valence-electron chi connectivity index (χ0n) is 10.2. The van der Waals surface area contributed by atoms with Gasteiger partial charge in [0.1, 0.15) is 0 Å². The number of nitrogens with one attached hydrogen (secondary N) is 1. The molecule has 1 unspecified atom stereocenters. The molecule has 0 saturated heterocycles. The summed E-state index contributed by atoms with van der Waals surface area (Å²) >= 11 is 0. The second-order valence-corrected chi connectivity index (χ2v) is 4.20. The summed E-state index contributed by atoms with van der Waals surface area (Å²) in [6, 6.07) is 0. The average molecular weight is 216 g/mol. The summed E-state index contributed by atoms with van der Waals surface area (Å²) in [7, 11) is 0. The van der Waals surface area contributed by atoms with Crippen molar-refractivity contribution in [3.63, 3.8) is 0 Å². The number of hydrogen-bond acceptors (Lipinski definition) is 3. The highest BCUT2D eigenvalue weighted by Gasteiger charge is 2.00. The summed E-state index contributed by atoms with van der Waals surface area (Å²) < 4.78 is 0. The van der Waals surface area contributed by atoms with Crippen molar-refractivity contribution < 1.29 is 5.11 Å². The second kappa shape index (κ2) is 12.0. The van der Waals surface area contributed by atoms with Crippen LogP contribution >= 0.6 is 0 Å². The lowest BCUT2D eigenvalue weighted by molar-refractivity contribution is 0.164. The molecule has 0 aromatic rings. The van der Waals surface area contributed by atoms with Gasteiger partial charge in [0.05, 0.1) is 6.10 Å². The molecule has 0 fully saturated rings. The molecule has 0 spiro atoms. The van der Waals surface area contributed by atoms with Crippen LogP contribution in [-0.4, -0.2) is 30.8 Å². The van der Waals surface area contributed by atoms with Crippen molar-refractivity contribution >= 4 is 0 Å². The fraction of sp³-hybridized carbons (Fsp3) is 1.00. The summed E-state index contributed by atoms with van der Waals surface area (Å²) in [5.41, 5.74) is 5.34. The molecule has 0 saturated carbocycles. The Morgan fingerprint density at radius 2 is 1.80 bits per heavy atom. The lowest BCUT2D eigenvalue weighted by Crippen LogP contribution is -2.29. The van der Waals surface area contributed by atoms with Crippen molar-refractivity contribution in [2.75, 3.05) is 19.6 Å². The third-order valence-electron chi connectivity index (χ3n) is 2.59. The predicted octanol–water partition coefficient (Wildman–Crippen LogP) is 1.65. The maximum Gasteiger partial charge on any atom is 0.0676 e. The van der Waals surface area contributed by atoms with Crippen molar-refractivity contribution in [1.29, 1.82) is 0 Å². The molecule has 0 radical (unpaired) electrons. The van der Waals surface area contributed by atoms with Crippen molar-refractivity contribution in [3.8, 4) is 0 Å². The molecular formula is C12H28N2O. The van der Waals surface area contributed by atoms with Gasteiger partial charge in [-0.1, -0.05) is 39.0 Å². The van der Waals surface area contributed by atoms with E-state index < -0.39 is 0 Å². The van der Waals surface area contributed by atoms with E-state index >= 15 is 0 Å². The van der Waals surface area contributed by atoms with Crippen LogP contribution < -0.4 is 11.1 Å². The fourth-order valence-corrected chi connectivity index (χ4v) is 1.59. The van der Waals surface area contributed by atoms with Gasteiger partial charge in [-0.25, -0.2) is 0 Å². The minimum absolute atomic E-state index is 0.268. The topological polar surface area (TPSA) is 58.3 Å². The standard InChI is InChI=1S/C12H28N2O/c1-2-3-4-5-6-7-10-14-11-12(15)8-9-13/h12,14-15H,2-11,13H2,1H3. The van der Waals surface area contributed by atoms with Crippen LogP contribution in [-0.2, 0) is 0 Å². The Hall–Kier alpha value is -0.120. The van der Waals surface area contributed by atoms with Crippen molar-refractivity contribution in [2.45, 2.75) is 58.0 Å². The van der Waals surface area contributed by atoms with E-state index in [9.17, 15) is 5.11 Å². The Labute approximate surface area is 94.4 Å². The zero-order chi connectivity index (χ0) is 11.4. The molecule has 0 aliphatic heterocycles. The Morgan fingerprint density at radius 1 is 1.13 bits per heavy atom. The summed E-state index contributed by atoms with van der Waals surface area (Å²) in [5.74, 6) is 0. The molecule has 92 valence electrons. The molecule has 0 aliphatic carbocycles. The molecule has 3 heteroatoms. The fourth-order valence-electron chi connectivity index (χ4n) is 1.59. The lowest BCUT2D eigenvalue weighted by Gasteiger charge is -2.10. The SMILES string of the molecule is CCCCCCCCNCC(O)CCN. The molecule has 0 rings (SSSR count). The number of aliphatic hydroxyl groups is 1. The van der Waals surface area contributed by atoms with Gasteiger partial charge in [0.15, 0.2) is 0 Å². The first-order chi connectivity index (χ1) is 7.31. The first-order valence-electron chi connectivity index (χ1n) is 6.40. The van der Waals surface area contributed by atoms with E-state index in [0.29, 0.717) is 19.5 Å². The van der Waals surface area contributed by atoms with Crippen molar-refractivity contribution in [3.05, 3.63) is 0 Å². The van der Waals surface area contributed by atoms with Gasteiger partial charge >= 0.3 is 0 Å². The highest BCUT2D eigenvalue weighted by Crippen LogP contribution is 2.03. The average Bonchev–Trinajstić information content (AvgIpc) is 2.22. The Bertz CT molecular complexity index is 120. The summed E-state index contributed by atoms with van der Waals surface area (Å²) in [6.07, 6.45) is 8.34. The van der Waals surface area contributed by atoms with Crippen LogP contribution in [0.15, 0.2) is 0 Å². The van der Waals surface area contributed by atoms with Crippen molar-refractivity contribution in [2.24, 2.45) is 5.73 Å². The van der Waals surface area contributed by atoms with Gasteiger partial charge in [-0.2, -0.15) is 0 Å². The predicted molar refractivity (Wildman–Crippen MR) is 65.9 cm³/mol. The van der Waals surface area contributed by atoms with Crippen molar-refractivity contribution in [1.82, 2.24) is 5.32 Å². The van der Waals surface area contributed by atoms with E-state index in [0.717, 1.165) is 6.54 Å². The largest absolute Gasteiger partial charge is 0.392 e. The van der Waals surface area contributed by atoms with Gasteiger partial charge in [-0.05, 0) is 25.9 Å². The molecule has 0 aromatic heterocycles. The highest BCUT2D eigenvalue weighted by atomic mass is 16.3. The van der Waals surface area contributed by atoms with Crippen LogP contribution in [0, 0.1) is 0 Å². The molecule has 1 atom stereocenters. The first-order valence-corrected chi connectivity index (χ1v) is 6.40. The second-order valence-electron chi connectivity index (χ2n) is 4.20.